The number of hydrogen-bond acceptors (Lipinski definition) is 0. The first-order valence-electron chi connectivity index (χ1n) is 5.51. The molecule has 2 aromatic rings. The van der Waals surface area contributed by atoms with Crippen LogP contribution in [-0.2, 0) is 0 Å². The van der Waals surface area contributed by atoms with Crippen LogP contribution in [0.2, 0.25) is 18.1 Å². The summed E-state index contributed by atoms with van der Waals surface area (Å²) in [5.41, 5.74) is 2.62. The molecule has 80 valence electrons. The molecule has 1 aliphatic heterocycles. The number of fused-ring (bicyclic) bond motifs is 3. The second-order valence-electron chi connectivity index (χ2n) is 4.83. The van der Waals surface area contributed by atoms with E-state index in [1.54, 1.807) is 0 Å². The van der Waals surface area contributed by atoms with Crippen molar-refractivity contribution < 1.29 is 0 Å². The van der Waals surface area contributed by atoms with E-state index in [4.69, 9.17) is 11.6 Å². The summed E-state index contributed by atoms with van der Waals surface area (Å²) in [6.45, 7) is 4.79. The Labute approximate surface area is 102 Å². The van der Waals surface area contributed by atoms with E-state index in [1.165, 1.54) is 21.5 Å². The second-order valence-corrected chi connectivity index (χ2v) is 9.57. The molecule has 2 aromatic carbocycles. The van der Waals surface area contributed by atoms with Gasteiger partial charge < -0.3 is 0 Å². The molecule has 3 rings (SSSR count). The predicted molar refractivity (Wildman–Crippen MR) is 73.6 cm³/mol. The van der Waals surface area contributed by atoms with Gasteiger partial charge >= 0.3 is 0 Å². The van der Waals surface area contributed by atoms with Gasteiger partial charge in [0.15, 0.2) is 0 Å². The zero-order chi connectivity index (χ0) is 11.3. The Balaban J connectivity index is 2.45. The molecule has 0 saturated carbocycles. The van der Waals surface area contributed by atoms with Crippen LogP contribution in [0.25, 0.3) is 11.1 Å². The topological polar surface area (TPSA) is 0 Å². The van der Waals surface area contributed by atoms with Crippen LogP contribution in [0.5, 0.6) is 0 Å². The first-order chi connectivity index (χ1) is 7.62. The molecule has 16 heavy (non-hydrogen) atoms. The maximum Gasteiger partial charge on any atom is 0.113 e. The molecule has 0 radical (unpaired) electrons. The van der Waals surface area contributed by atoms with Crippen molar-refractivity contribution in [3.05, 3.63) is 47.5 Å². The monoisotopic (exact) mass is 244 g/mol. The van der Waals surface area contributed by atoms with Crippen molar-refractivity contribution in [3.63, 3.8) is 0 Å². The molecular weight excluding hydrogens is 232 g/mol. The van der Waals surface area contributed by atoms with Crippen LogP contribution in [0.4, 0.5) is 0 Å². The van der Waals surface area contributed by atoms with Crippen molar-refractivity contribution in [2.45, 2.75) is 13.1 Å². The summed E-state index contributed by atoms with van der Waals surface area (Å²) >= 11 is 6.35. The number of benzene rings is 2. The quantitative estimate of drug-likeness (QED) is 0.625. The van der Waals surface area contributed by atoms with E-state index in [0.717, 1.165) is 5.02 Å². The molecule has 1 aliphatic rings. The fraction of sp³-hybridized carbons (Fsp3) is 0.143. The van der Waals surface area contributed by atoms with E-state index in [-0.39, 0.29) is 0 Å². The van der Waals surface area contributed by atoms with Gasteiger partial charge in [-0.15, -0.1) is 0 Å². The van der Waals surface area contributed by atoms with Gasteiger partial charge in [0.1, 0.15) is 8.07 Å². The Morgan fingerprint density at radius 1 is 0.875 bits per heavy atom. The van der Waals surface area contributed by atoms with Crippen LogP contribution in [0.15, 0.2) is 42.5 Å². The zero-order valence-corrected chi connectivity index (χ0v) is 11.2. The summed E-state index contributed by atoms with van der Waals surface area (Å²) in [4.78, 5) is 0. The first-order valence-corrected chi connectivity index (χ1v) is 8.89. The third kappa shape index (κ3) is 1.16. The van der Waals surface area contributed by atoms with Crippen LogP contribution in [0.1, 0.15) is 0 Å². The normalized spacial score (nSPS) is 15.7. The molecule has 0 saturated heterocycles. The van der Waals surface area contributed by atoms with Crippen LogP contribution >= 0.6 is 11.6 Å². The summed E-state index contributed by atoms with van der Waals surface area (Å²) < 4.78 is 0. The van der Waals surface area contributed by atoms with Gasteiger partial charge in [0.05, 0.1) is 0 Å². The SMILES string of the molecule is C[Si]1(C)c2ccccc2-c2c(Cl)cccc21. The maximum absolute atomic E-state index is 6.35. The highest BCUT2D eigenvalue weighted by Crippen LogP contribution is 2.33. The number of hydrogen-bond donors (Lipinski definition) is 0. The van der Waals surface area contributed by atoms with Gasteiger partial charge in [-0.05, 0) is 27.6 Å². The average molecular weight is 245 g/mol. The minimum atomic E-state index is -1.50. The van der Waals surface area contributed by atoms with E-state index in [9.17, 15) is 0 Å². The van der Waals surface area contributed by atoms with E-state index in [0.29, 0.717) is 0 Å². The van der Waals surface area contributed by atoms with E-state index < -0.39 is 8.07 Å². The molecule has 0 N–H and O–H groups in total. The van der Waals surface area contributed by atoms with Crippen LogP contribution in [0.3, 0.4) is 0 Å². The fourth-order valence-corrected chi connectivity index (χ4v) is 6.16. The molecule has 0 atom stereocenters. The largest absolute Gasteiger partial charge is 0.113 e. The Morgan fingerprint density at radius 2 is 1.56 bits per heavy atom. The Kier molecular flexibility index (Phi) is 2.04. The van der Waals surface area contributed by atoms with Crippen molar-refractivity contribution in [1.29, 1.82) is 0 Å². The molecule has 0 spiro atoms. The van der Waals surface area contributed by atoms with E-state index in [1.807, 2.05) is 6.07 Å². The third-order valence-electron chi connectivity index (χ3n) is 3.56. The van der Waals surface area contributed by atoms with E-state index >= 15 is 0 Å². The lowest BCUT2D eigenvalue weighted by Gasteiger charge is -2.18. The minimum Gasteiger partial charge on any atom is -0.0837 e. The highest BCUT2D eigenvalue weighted by molar-refractivity contribution is 7.04. The lowest BCUT2D eigenvalue weighted by Crippen LogP contribution is -2.49. The van der Waals surface area contributed by atoms with Gasteiger partial charge in [0, 0.05) is 5.02 Å². The highest BCUT2D eigenvalue weighted by atomic mass is 35.5. The summed E-state index contributed by atoms with van der Waals surface area (Å²) in [5.74, 6) is 0. The molecule has 0 aliphatic carbocycles. The van der Waals surface area contributed by atoms with E-state index in [2.05, 4.69) is 49.5 Å². The second kappa shape index (κ2) is 3.22. The summed E-state index contributed by atoms with van der Waals surface area (Å²) in [7, 11) is -1.50. The maximum atomic E-state index is 6.35. The smallest absolute Gasteiger partial charge is 0.0837 e. The number of rotatable bonds is 0. The van der Waals surface area contributed by atoms with Gasteiger partial charge in [-0.1, -0.05) is 61.1 Å². The summed E-state index contributed by atoms with van der Waals surface area (Å²) in [6.07, 6.45) is 0. The average Bonchev–Trinajstić information content (AvgIpc) is 2.51. The lowest BCUT2D eigenvalue weighted by molar-refractivity contribution is 1.70. The third-order valence-corrected chi connectivity index (χ3v) is 7.42. The Hall–Kier alpha value is -1.05. The molecule has 0 nitrogen and oxygen atoms in total. The highest BCUT2D eigenvalue weighted by Gasteiger charge is 2.37. The fourth-order valence-electron chi connectivity index (χ4n) is 2.71. The van der Waals surface area contributed by atoms with Crippen molar-refractivity contribution in [2.75, 3.05) is 0 Å². The standard InChI is InChI=1S/C14H13ClSi/c1-16(2)12-8-4-3-6-10(12)14-11(15)7-5-9-13(14)16/h3-9H,1-2H3. The predicted octanol–water partition coefficient (Wildman–Crippen LogP) is 3.14. The molecule has 0 bridgehead atoms. The van der Waals surface area contributed by atoms with Crippen LogP contribution < -0.4 is 10.4 Å². The molecule has 1 heterocycles. The van der Waals surface area contributed by atoms with Crippen LogP contribution in [-0.4, -0.2) is 8.07 Å². The van der Waals surface area contributed by atoms with Crippen molar-refractivity contribution in [3.8, 4) is 11.1 Å². The Morgan fingerprint density at radius 3 is 2.38 bits per heavy atom. The molecule has 0 unspecified atom stereocenters. The number of halogens is 1. The Bertz CT molecular complexity index is 573. The van der Waals surface area contributed by atoms with Gasteiger partial charge in [-0.2, -0.15) is 0 Å². The minimum absolute atomic E-state index is 0.892. The van der Waals surface area contributed by atoms with Gasteiger partial charge in [-0.25, -0.2) is 0 Å². The molecule has 2 heteroatoms. The van der Waals surface area contributed by atoms with Crippen molar-refractivity contribution >= 4 is 30.0 Å². The molecular formula is C14H13ClSi. The van der Waals surface area contributed by atoms with Crippen LogP contribution in [0, 0.1) is 0 Å². The zero-order valence-electron chi connectivity index (χ0n) is 9.42. The van der Waals surface area contributed by atoms with Gasteiger partial charge in [0.25, 0.3) is 0 Å². The first kappa shape index (κ1) is 10.1. The molecule has 0 fully saturated rings. The summed E-state index contributed by atoms with van der Waals surface area (Å²) in [6, 6.07) is 15.0. The summed E-state index contributed by atoms with van der Waals surface area (Å²) in [5, 5.41) is 3.88. The molecule has 0 aromatic heterocycles. The van der Waals surface area contributed by atoms with Crippen molar-refractivity contribution in [2.24, 2.45) is 0 Å². The molecule has 0 amide bonds. The van der Waals surface area contributed by atoms with Gasteiger partial charge in [-0.3, -0.25) is 0 Å². The van der Waals surface area contributed by atoms with Gasteiger partial charge in [0.2, 0.25) is 0 Å². The van der Waals surface area contributed by atoms with Crippen molar-refractivity contribution in [1.82, 2.24) is 0 Å². The lowest BCUT2D eigenvalue weighted by atomic mass is 10.1.